The first-order valence-electron chi connectivity index (χ1n) is 4.91. The van der Waals surface area contributed by atoms with Crippen LogP contribution < -0.4 is 0 Å². The average Bonchev–Trinajstić information content (AvgIpc) is 2.58. The fourth-order valence-electron chi connectivity index (χ4n) is 1.76. The van der Waals surface area contributed by atoms with Gasteiger partial charge in [-0.2, -0.15) is 9.06 Å². The van der Waals surface area contributed by atoms with Crippen LogP contribution in [-0.4, -0.2) is 17.8 Å². The molecule has 1 unspecified atom stereocenters. The molecule has 15 heavy (non-hydrogen) atoms. The van der Waals surface area contributed by atoms with E-state index in [1.807, 2.05) is 10.8 Å². The number of rotatable bonds is 2. The van der Waals surface area contributed by atoms with Crippen LogP contribution in [0.25, 0.3) is 0 Å². The zero-order chi connectivity index (χ0) is 10.9. The first-order chi connectivity index (χ1) is 7.09. The van der Waals surface area contributed by atoms with Crippen molar-refractivity contribution < 1.29 is 8.78 Å². The molecule has 1 saturated heterocycles. The topological polar surface area (TPSA) is 0 Å². The smallest absolute Gasteiger partial charge is 0.130 e. The lowest BCUT2D eigenvalue weighted by atomic mass is 10.2. The molecular weight excluding hydrogens is 234 g/mol. The van der Waals surface area contributed by atoms with Crippen LogP contribution in [0.1, 0.15) is 12.0 Å². The van der Waals surface area contributed by atoms with Crippen molar-refractivity contribution in [3.05, 3.63) is 35.4 Å². The third-order valence-corrected chi connectivity index (χ3v) is 8.72. The van der Waals surface area contributed by atoms with E-state index >= 15 is 0 Å². The first kappa shape index (κ1) is 11.3. The summed E-state index contributed by atoms with van der Waals surface area (Å²) in [6.07, 6.45) is 3.48. The van der Waals surface area contributed by atoms with Gasteiger partial charge in [-0.3, -0.25) is 0 Å². The van der Waals surface area contributed by atoms with E-state index in [-0.39, 0.29) is 0 Å². The van der Waals surface area contributed by atoms with Gasteiger partial charge in [-0.05, 0) is 30.1 Å². The van der Waals surface area contributed by atoms with Gasteiger partial charge in [-0.25, -0.2) is 8.78 Å². The second kappa shape index (κ2) is 4.34. The van der Waals surface area contributed by atoms with Gasteiger partial charge in [0, 0.05) is 17.6 Å². The first-order valence-corrected chi connectivity index (χ1v) is 8.79. The Morgan fingerprint density at radius 2 is 2.20 bits per heavy atom. The lowest BCUT2D eigenvalue weighted by molar-refractivity contribution is 0.576. The van der Waals surface area contributed by atoms with Gasteiger partial charge in [-0.1, -0.05) is 6.07 Å². The fraction of sp³-hybridized carbons (Fsp3) is 0.455. The lowest BCUT2D eigenvalue weighted by Gasteiger charge is -2.29. The second-order valence-corrected chi connectivity index (χ2v) is 10.8. The van der Waals surface area contributed by atoms with Crippen LogP contribution >= 0.6 is 19.9 Å². The van der Waals surface area contributed by atoms with Crippen LogP contribution in [0.3, 0.4) is 0 Å². The molecule has 1 aliphatic rings. The maximum absolute atomic E-state index is 13.4. The van der Waals surface area contributed by atoms with Crippen molar-refractivity contribution in [2.45, 2.75) is 12.2 Å². The summed E-state index contributed by atoms with van der Waals surface area (Å²) in [5.41, 5.74) is 0.670. The zero-order valence-electron chi connectivity index (χ0n) is 8.63. The van der Waals surface area contributed by atoms with E-state index in [1.165, 1.54) is 24.0 Å². The Morgan fingerprint density at radius 1 is 1.40 bits per heavy atom. The number of halogens is 2. The molecule has 0 aliphatic carbocycles. The van der Waals surface area contributed by atoms with Crippen molar-refractivity contribution >= 4 is 19.9 Å². The maximum atomic E-state index is 13.4. The zero-order valence-corrected chi connectivity index (χ0v) is 10.3. The molecule has 1 fully saturated rings. The van der Waals surface area contributed by atoms with Crippen molar-refractivity contribution in [1.29, 1.82) is 0 Å². The van der Waals surface area contributed by atoms with E-state index in [2.05, 4.69) is 6.26 Å². The summed E-state index contributed by atoms with van der Waals surface area (Å²) in [6, 6.07) is 3.92. The Balaban J connectivity index is 2.16. The Morgan fingerprint density at radius 3 is 2.80 bits per heavy atom. The third-order valence-electron chi connectivity index (χ3n) is 2.56. The van der Waals surface area contributed by atoms with Crippen molar-refractivity contribution in [1.82, 2.24) is 0 Å². The minimum atomic E-state index is -0.738. The molecule has 0 spiro atoms. The molecular formula is C11H14F2S2. The summed E-state index contributed by atoms with van der Waals surface area (Å²) in [4.78, 5) is 0. The van der Waals surface area contributed by atoms with Crippen LogP contribution in [-0.2, 0) is 5.75 Å². The van der Waals surface area contributed by atoms with Crippen molar-refractivity contribution in [2.24, 2.45) is 0 Å². The summed E-state index contributed by atoms with van der Waals surface area (Å²) >= 11 is 0. The van der Waals surface area contributed by atoms with E-state index in [4.69, 9.17) is 0 Å². The summed E-state index contributed by atoms with van der Waals surface area (Å²) in [5.74, 6) is 2.29. The van der Waals surface area contributed by atoms with E-state index in [0.29, 0.717) is 5.56 Å². The Kier molecular flexibility index (Phi) is 3.26. The predicted octanol–water partition coefficient (Wildman–Crippen LogP) is 3.95. The molecule has 0 nitrogen and oxygen atoms in total. The standard InChI is InChI=1S/C11H14F2S2/c1-15(6-2-5-14-15)8-9-3-4-10(12)7-11(9)13/h3-4,7H,2,5-6,8H2,1H3. The van der Waals surface area contributed by atoms with E-state index in [1.54, 1.807) is 6.07 Å². The van der Waals surface area contributed by atoms with Gasteiger partial charge in [0.2, 0.25) is 0 Å². The molecule has 1 heterocycles. The number of benzene rings is 1. The SMILES string of the molecule is CS1(Cc2ccc(F)cc2F)CCCS1. The molecule has 84 valence electrons. The number of hydrogen-bond acceptors (Lipinski definition) is 1. The van der Waals surface area contributed by atoms with E-state index in [0.717, 1.165) is 11.8 Å². The van der Waals surface area contributed by atoms with Gasteiger partial charge >= 0.3 is 0 Å². The van der Waals surface area contributed by atoms with Crippen molar-refractivity contribution in [3.8, 4) is 0 Å². The molecule has 0 radical (unpaired) electrons. The Bertz CT molecular complexity index is 360. The Hall–Kier alpha value is -0.220. The molecule has 0 bridgehead atoms. The van der Waals surface area contributed by atoms with Crippen molar-refractivity contribution in [2.75, 3.05) is 17.8 Å². The molecule has 0 amide bonds. The fourth-order valence-corrected chi connectivity index (χ4v) is 7.50. The van der Waals surface area contributed by atoms with Gasteiger partial charge in [-0.15, -0.1) is 10.8 Å². The molecule has 0 saturated carbocycles. The lowest BCUT2D eigenvalue weighted by Crippen LogP contribution is -2.00. The summed E-state index contributed by atoms with van der Waals surface area (Å²) in [5, 5.41) is 0. The van der Waals surface area contributed by atoms with E-state index in [9.17, 15) is 8.78 Å². The summed E-state index contributed by atoms with van der Waals surface area (Å²) in [6.45, 7) is 0. The molecule has 1 aromatic rings. The summed E-state index contributed by atoms with van der Waals surface area (Å²) in [7, 11) is 1.24. The van der Waals surface area contributed by atoms with Crippen LogP contribution in [0.2, 0.25) is 0 Å². The van der Waals surface area contributed by atoms with Crippen molar-refractivity contribution in [3.63, 3.8) is 0 Å². The van der Waals surface area contributed by atoms with Gasteiger partial charge in [0.15, 0.2) is 0 Å². The van der Waals surface area contributed by atoms with Gasteiger partial charge in [0.25, 0.3) is 0 Å². The largest absolute Gasteiger partial charge is 0.207 e. The third kappa shape index (κ3) is 2.67. The molecule has 1 atom stereocenters. The summed E-state index contributed by atoms with van der Waals surface area (Å²) < 4.78 is 26.2. The Labute approximate surface area is 94.2 Å². The quantitative estimate of drug-likeness (QED) is 0.714. The predicted molar refractivity (Wildman–Crippen MR) is 65.5 cm³/mol. The van der Waals surface area contributed by atoms with E-state index < -0.39 is 20.7 Å². The molecule has 1 aromatic carbocycles. The van der Waals surface area contributed by atoms with Gasteiger partial charge in [0.1, 0.15) is 11.6 Å². The average molecular weight is 248 g/mol. The monoisotopic (exact) mass is 248 g/mol. The normalized spacial score (nSPS) is 30.1. The second-order valence-electron chi connectivity index (χ2n) is 3.94. The highest BCUT2D eigenvalue weighted by molar-refractivity contribution is 8.94. The molecule has 1 aliphatic heterocycles. The van der Waals surface area contributed by atoms with Crippen LogP contribution in [0.4, 0.5) is 8.78 Å². The van der Waals surface area contributed by atoms with Gasteiger partial charge < -0.3 is 0 Å². The number of hydrogen-bond donors (Lipinski definition) is 0. The minimum Gasteiger partial charge on any atom is -0.207 e. The highest BCUT2D eigenvalue weighted by Crippen LogP contribution is 2.63. The van der Waals surface area contributed by atoms with Crippen LogP contribution in [0.15, 0.2) is 18.2 Å². The minimum absolute atomic E-state index is 0.392. The highest BCUT2D eigenvalue weighted by Gasteiger charge is 2.25. The van der Waals surface area contributed by atoms with Crippen LogP contribution in [0.5, 0.6) is 0 Å². The van der Waals surface area contributed by atoms with Crippen LogP contribution in [0, 0.1) is 11.6 Å². The molecule has 0 aromatic heterocycles. The molecule has 4 heteroatoms. The maximum Gasteiger partial charge on any atom is 0.130 e. The van der Waals surface area contributed by atoms with Gasteiger partial charge in [0.05, 0.1) is 0 Å². The highest BCUT2D eigenvalue weighted by atomic mass is 33.2. The molecule has 0 N–H and O–H groups in total. The molecule has 2 rings (SSSR count).